The highest BCUT2D eigenvalue weighted by atomic mass is 16.7. The molecule has 1 heterocycles. The van der Waals surface area contributed by atoms with Crippen LogP contribution in [0.4, 0.5) is 0 Å². The minimum Gasteiger partial charge on any atom is -0.431 e. The fourth-order valence-corrected chi connectivity index (χ4v) is 2.16. The van der Waals surface area contributed by atoms with E-state index in [1.807, 2.05) is 0 Å². The first kappa shape index (κ1) is 22.1. The number of aliphatic hydroxyl groups is 9. The Labute approximate surface area is 142 Å². The summed E-state index contributed by atoms with van der Waals surface area (Å²) >= 11 is 0. The first-order valence-corrected chi connectivity index (χ1v) is 7.38. The molecule has 0 bridgehead atoms. The normalized spacial score (nSPS) is 36.2. The third kappa shape index (κ3) is 4.62. The van der Waals surface area contributed by atoms with E-state index in [1.54, 1.807) is 0 Å². The molecule has 9 N–H and O–H groups in total. The molecule has 1 aliphatic heterocycles. The Hall–Kier alpha value is -0.930. The number of esters is 1. The summed E-state index contributed by atoms with van der Waals surface area (Å²) in [6.45, 7) is -1.01. The highest BCUT2D eigenvalue weighted by Gasteiger charge is 2.50. The fourth-order valence-electron chi connectivity index (χ4n) is 2.16. The van der Waals surface area contributed by atoms with Gasteiger partial charge in [-0.3, -0.25) is 0 Å². The van der Waals surface area contributed by atoms with Crippen molar-refractivity contribution in [2.24, 2.45) is 0 Å². The van der Waals surface area contributed by atoms with Gasteiger partial charge in [0.25, 0.3) is 0 Å². The minimum atomic E-state index is -2.80. The van der Waals surface area contributed by atoms with E-state index in [1.165, 1.54) is 0 Å². The summed E-state index contributed by atoms with van der Waals surface area (Å²) in [5.41, 5.74) is -2.80. The average Bonchev–Trinajstić information content (AvgIpc) is 2.59. The largest absolute Gasteiger partial charge is 0.431 e. The van der Waals surface area contributed by atoms with Gasteiger partial charge in [0.1, 0.15) is 42.7 Å². The molecular formula is C13H24O12. The summed E-state index contributed by atoms with van der Waals surface area (Å²) in [6.07, 6.45) is -15.0. The van der Waals surface area contributed by atoms with Crippen molar-refractivity contribution in [2.45, 2.75) is 61.5 Å². The summed E-state index contributed by atoms with van der Waals surface area (Å²) in [5, 5.41) is 85.4. The molecule has 148 valence electrons. The molecule has 0 aliphatic carbocycles. The summed E-state index contributed by atoms with van der Waals surface area (Å²) in [6, 6.07) is 0. The van der Waals surface area contributed by atoms with E-state index in [4.69, 9.17) is 14.9 Å². The van der Waals surface area contributed by atoms with E-state index in [9.17, 15) is 40.5 Å². The van der Waals surface area contributed by atoms with Gasteiger partial charge in [-0.1, -0.05) is 0 Å². The number of hydrogen-bond donors (Lipinski definition) is 9. The lowest BCUT2D eigenvalue weighted by molar-refractivity contribution is -0.299. The molecule has 25 heavy (non-hydrogen) atoms. The van der Waals surface area contributed by atoms with Crippen LogP contribution in [0.2, 0.25) is 0 Å². The van der Waals surface area contributed by atoms with E-state index >= 15 is 0 Å². The van der Waals surface area contributed by atoms with Gasteiger partial charge in [0.2, 0.25) is 6.29 Å². The molecule has 1 fully saturated rings. The van der Waals surface area contributed by atoms with Gasteiger partial charge in [0.15, 0.2) is 5.60 Å². The van der Waals surface area contributed by atoms with Crippen LogP contribution in [0.1, 0.15) is 6.92 Å². The van der Waals surface area contributed by atoms with Crippen LogP contribution in [0, 0.1) is 0 Å². The van der Waals surface area contributed by atoms with Crippen molar-refractivity contribution >= 4 is 5.97 Å². The Morgan fingerprint density at radius 3 is 2.16 bits per heavy atom. The fraction of sp³-hybridized carbons (Fsp3) is 0.923. The van der Waals surface area contributed by atoms with E-state index in [-0.39, 0.29) is 0 Å². The second kappa shape index (κ2) is 8.64. The van der Waals surface area contributed by atoms with Crippen molar-refractivity contribution in [1.29, 1.82) is 0 Å². The average molecular weight is 372 g/mol. The van der Waals surface area contributed by atoms with Gasteiger partial charge in [0.05, 0.1) is 13.2 Å². The third-order valence-electron chi connectivity index (χ3n) is 3.97. The first-order chi connectivity index (χ1) is 11.5. The van der Waals surface area contributed by atoms with Crippen molar-refractivity contribution in [2.75, 3.05) is 13.2 Å². The lowest BCUT2D eigenvalue weighted by atomic mass is 9.92. The van der Waals surface area contributed by atoms with Crippen LogP contribution >= 0.6 is 0 Å². The number of ether oxygens (including phenoxy) is 2. The smallest absolute Gasteiger partial charge is 0.343 e. The molecule has 1 saturated heterocycles. The van der Waals surface area contributed by atoms with Crippen molar-refractivity contribution in [3.05, 3.63) is 0 Å². The van der Waals surface area contributed by atoms with Gasteiger partial charge >= 0.3 is 5.97 Å². The van der Waals surface area contributed by atoms with Gasteiger partial charge < -0.3 is 55.4 Å². The quantitative estimate of drug-likeness (QED) is 0.191. The Morgan fingerprint density at radius 1 is 1.12 bits per heavy atom. The van der Waals surface area contributed by atoms with Gasteiger partial charge in [-0.05, 0) is 6.92 Å². The highest BCUT2D eigenvalue weighted by molar-refractivity contribution is 5.79. The Balaban J connectivity index is 2.85. The molecule has 1 unspecified atom stereocenters. The van der Waals surface area contributed by atoms with Crippen LogP contribution in [0.25, 0.3) is 0 Å². The van der Waals surface area contributed by atoms with Gasteiger partial charge in [-0.2, -0.15) is 0 Å². The first-order valence-electron chi connectivity index (χ1n) is 7.38. The van der Waals surface area contributed by atoms with Crippen molar-refractivity contribution < 1.29 is 60.2 Å². The maximum absolute atomic E-state index is 12.0. The van der Waals surface area contributed by atoms with E-state index < -0.39 is 73.8 Å². The molecule has 12 nitrogen and oxygen atoms in total. The monoisotopic (exact) mass is 372 g/mol. The molecule has 0 radical (unpaired) electrons. The van der Waals surface area contributed by atoms with Gasteiger partial charge in [-0.25, -0.2) is 4.79 Å². The zero-order chi connectivity index (χ0) is 19.5. The number of aliphatic hydroxyl groups excluding tert-OH is 8. The van der Waals surface area contributed by atoms with Crippen molar-refractivity contribution in [1.82, 2.24) is 0 Å². The maximum atomic E-state index is 12.0. The summed E-state index contributed by atoms with van der Waals surface area (Å²) < 4.78 is 9.55. The van der Waals surface area contributed by atoms with Crippen LogP contribution in [-0.4, -0.2) is 120 Å². The molecule has 0 aromatic carbocycles. The Morgan fingerprint density at radius 2 is 1.68 bits per heavy atom. The molecule has 1 rings (SSSR count). The molecule has 12 heteroatoms. The standard InChI is InChI=1S/C13H24O12/c1-13(23,10(21)6(17)4(16)2-14)12(22)25-11-9(20)8(19)7(18)5(3-15)24-11/h4-11,14-21,23H,2-3H2,1H3/t4-,5-,6-,7-,8+,9-,10+,11?,13-/m1/s1. The molecular weight excluding hydrogens is 348 g/mol. The zero-order valence-corrected chi connectivity index (χ0v) is 13.3. The SMILES string of the molecule is C[C@](O)(C(=O)OC1O[C@H](CO)[C@@H](O)[C@H](O)[C@H]1O)[C@@H](O)[C@H](O)[C@H](O)CO. The molecule has 0 aromatic heterocycles. The highest BCUT2D eigenvalue weighted by Crippen LogP contribution is 2.25. The van der Waals surface area contributed by atoms with Crippen LogP contribution in [0.5, 0.6) is 0 Å². The second-order valence-electron chi connectivity index (χ2n) is 5.94. The van der Waals surface area contributed by atoms with Crippen LogP contribution < -0.4 is 0 Å². The molecule has 0 amide bonds. The second-order valence-corrected chi connectivity index (χ2v) is 5.94. The van der Waals surface area contributed by atoms with Gasteiger partial charge in [0, 0.05) is 0 Å². The molecule has 0 aromatic rings. The van der Waals surface area contributed by atoms with E-state index in [2.05, 4.69) is 4.74 Å². The zero-order valence-electron chi connectivity index (χ0n) is 13.3. The number of carbonyl (C=O) groups excluding carboxylic acids is 1. The van der Waals surface area contributed by atoms with E-state index in [0.29, 0.717) is 0 Å². The van der Waals surface area contributed by atoms with Crippen LogP contribution in [0.3, 0.4) is 0 Å². The Kier molecular flexibility index (Phi) is 7.64. The van der Waals surface area contributed by atoms with Crippen molar-refractivity contribution in [3.8, 4) is 0 Å². The summed E-state index contributed by atoms with van der Waals surface area (Å²) in [4.78, 5) is 12.0. The van der Waals surface area contributed by atoms with Crippen LogP contribution in [-0.2, 0) is 14.3 Å². The Bertz CT molecular complexity index is 441. The molecule has 0 saturated carbocycles. The third-order valence-corrected chi connectivity index (χ3v) is 3.97. The lowest BCUT2D eigenvalue weighted by Gasteiger charge is -2.40. The maximum Gasteiger partial charge on any atom is 0.343 e. The molecule has 1 aliphatic rings. The number of carbonyl (C=O) groups is 1. The topological polar surface area (TPSA) is 218 Å². The number of rotatable bonds is 7. The summed E-state index contributed by atoms with van der Waals surface area (Å²) in [5.74, 6) is -1.60. The van der Waals surface area contributed by atoms with Crippen molar-refractivity contribution in [3.63, 3.8) is 0 Å². The summed E-state index contributed by atoms with van der Waals surface area (Å²) in [7, 11) is 0. The minimum absolute atomic E-state index is 0.733. The predicted octanol–water partition coefficient (Wildman–Crippen LogP) is -5.84. The predicted molar refractivity (Wildman–Crippen MR) is 75.6 cm³/mol. The van der Waals surface area contributed by atoms with E-state index in [0.717, 1.165) is 6.92 Å². The molecule has 9 atom stereocenters. The molecule has 0 spiro atoms. The van der Waals surface area contributed by atoms with Crippen LogP contribution in [0.15, 0.2) is 0 Å². The lowest BCUT2D eigenvalue weighted by Crippen LogP contribution is -2.62. The van der Waals surface area contributed by atoms with Gasteiger partial charge in [-0.15, -0.1) is 0 Å². The number of hydrogen-bond acceptors (Lipinski definition) is 12.